The van der Waals surface area contributed by atoms with Crippen LogP contribution in [0.5, 0.6) is 0 Å². The minimum Gasteiger partial charge on any atom is -0.351 e. The largest absolute Gasteiger partial charge is 0.351 e. The third kappa shape index (κ3) is 4.34. The standard InChI is InChI=1S/C18H26N2O2S/c21-17-9-2-1-5-11-20(17)12-6-10-19-18(22)16-13-14-7-3-4-8-15(14)23-16/h13H,1-12H2,(H,19,22). The molecule has 0 atom stereocenters. The summed E-state index contributed by atoms with van der Waals surface area (Å²) in [5, 5.41) is 3.01. The number of rotatable bonds is 5. The zero-order valence-corrected chi connectivity index (χ0v) is 14.6. The maximum Gasteiger partial charge on any atom is 0.261 e. The van der Waals surface area contributed by atoms with Gasteiger partial charge in [-0.15, -0.1) is 11.3 Å². The van der Waals surface area contributed by atoms with E-state index in [1.165, 1.54) is 23.3 Å². The lowest BCUT2D eigenvalue weighted by Gasteiger charge is -2.20. The fourth-order valence-corrected chi connectivity index (χ4v) is 4.61. The lowest BCUT2D eigenvalue weighted by Crippen LogP contribution is -2.33. The Morgan fingerprint density at radius 1 is 1.13 bits per heavy atom. The Kier molecular flexibility index (Phi) is 5.70. The van der Waals surface area contributed by atoms with E-state index in [-0.39, 0.29) is 11.8 Å². The molecule has 1 aliphatic carbocycles. The van der Waals surface area contributed by atoms with E-state index in [4.69, 9.17) is 0 Å². The monoisotopic (exact) mass is 334 g/mol. The molecule has 2 amide bonds. The molecule has 4 nitrogen and oxygen atoms in total. The zero-order valence-electron chi connectivity index (χ0n) is 13.7. The number of nitrogens with one attached hydrogen (secondary N) is 1. The predicted molar refractivity (Wildman–Crippen MR) is 93.0 cm³/mol. The van der Waals surface area contributed by atoms with Crippen LogP contribution in [0.3, 0.4) is 0 Å². The normalized spacial score (nSPS) is 18.4. The second-order valence-corrected chi connectivity index (χ2v) is 7.70. The number of fused-ring (bicyclic) bond motifs is 1. The molecule has 2 heterocycles. The summed E-state index contributed by atoms with van der Waals surface area (Å²) >= 11 is 1.66. The summed E-state index contributed by atoms with van der Waals surface area (Å²) in [6.07, 6.45) is 9.55. The Morgan fingerprint density at radius 2 is 1.96 bits per heavy atom. The van der Waals surface area contributed by atoms with E-state index in [0.29, 0.717) is 13.0 Å². The predicted octanol–water partition coefficient (Wildman–Crippen LogP) is 3.15. The number of nitrogens with zero attached hydrogens (tertiary/aromatic N) is 1. The summed E-state index contributed by atoms with van der Waals surface area (Å²) < 4.78 is 0. The van der Waals surface area contributed by atoms with Crippen LogP contribution in [-0.2, 0) is 17.6 Å². The van der Waals surface area contributed by atoms with Gasteiger partial charge in [0.15, 0.2) is 0 Å². The van der Waals surface area contributed by atoms with Gasteiger partial charge in [0, 0.05) is 30.9 Å². The van der Waals surface area contributed by atoms with Crippen LogP contribution < -0.4 is 5.32 Å². The summed E-state index contributed by atoms with van der Waals surface area (Å²) in [7, 11) is 0. The molecule has 126 valence electrons. The number of likely N-dealkylation sites (tertiary alicyclic amines) is 1. The van der Waals surface area contributed by atoms with Gasteiger partial charge in [-0.3, -0.25) is 9.59 Å². The Labute approximate surface area is 142 Å². The van der Waals surface area contributed by atoms with E-state index in [9.17, 15) is 9.59 Å². The second kappa shape index (κ2) is 7.95. The molecular weight excluding hydrogens is 308 g/mol. The molecule has 1 aromatic rings. The van der Waals surface area contributed by atoms with Gasteiger partial charge < -0.3 is 10.2 Å². The first-order valence-corrected chi connectivity index (χ1v) is 9.73. The lowest BCUT2D eigenvalue weighted by molar-refractivity contribution is -0.130. The fraction of sp³-hybridized carbons (Fsp3) is 0.667. The molecule has 23 heavy (non-hydrogen) atoms. The van der Waals surface area contributed by atoms with Crippen molar-refractivity contribution in [3.63, 3.8) is 0 Å². The first-order chi connectivity index (χ1) is 11.2. The van der Waals surface area contributed by atoms with Crippen LogP contribution in [0, 0.1) is 0 Å². The molecule has 1 saturated heterocycles. The smallest absolute Gasteiger partial charge is 0.261 e. The van der Waals surface area contributed by atoms with E-state index in [2.05, 4.69) is 11.4 Å². The van der Waals surface area contributed by atoms with E-state index in [1.54, 1.807) is 11.3 Å². The number of carbonyl (C=O) groups excluding carboxylic acids is 2. The minimum absolute atomic E-state index is 0.0478. The van der Waals surface area contributed by atoms with Gasteiger partial charge in [-0.25, -0.2) is 0 Å². The van der Waals surface area contributed by atoms with Crippen molar-refractivity contribution in [1.29, 1.82) is 0 Å². The van der Waals surface area contributed by atoms with Gasteiger partial charge in [-0.2, -0.15) is 0 Å². The maximum atomic E-state index is 12.3. The van der Waals surface area contributed by atoms with E-state index < -0.39 is 0 Å². The van der Waals surface area contributed by atoms with Gasteiger partial charge >= 0.3 is 0 Å². The summed E-state index contributed by atoms with van der Waals surface area (Å²) in [5.74, 6) is 0.325. The number of aryl methyl sites for hydroxylation is 2. The molecule has 0 spiro atoms. The molecule has 0 aromatic carbocycles. The average Bonchev–Trinajstić information content (AvgIpc) is 2.89. The van der Waals surface area contributed by atoms with Gasteiger partial charge in [0.2, 0.25) is 5.91 Å². The summed E-state index contributed by atoms with van der Waals surface area (Å²) in [4.78, 5) is 28.4. The maximum absolute atomic E-state index is 12.3. The number of hydrogen-bond acceptors (Lipinski definition) is 3. The quantitative estimate of drug-likeness (QED) is 0.841. The van der Waals surface area contributed by atoms with Gasteiger partial charge in [0.05, 0.1) is 4.88 Å². The molecule has 1 aromatic heterocycles. The summed E-state index contributed by atoms with van der Waals surface area (Å²) in [5.41, 5.74) is 1.38. The molecule has 3 rings (SSSR count). The van der Waals surface area contributed by atoms with Crippen LogP contribution in [0.25, 0.3) is 0 Å². The van der Waals surface area contributed by atoms with Crippen molar-refractivity contribution >= 4 is 23.2 Å². The number of carbonyl (C=O) groups is 2. The second-order valence-electron chi connectivity index (χ2n) is 6.57. The van der Waals surface area contributed by atoms with Crippen LogP contribution in [0.1, 0.15) is 65.1 Å². The molecule has 0 bridgehead atoms. The van der Waals surface area contributed by atoms with E-state index in [0.717, 1.165) is 56.5 Å². The Hall–Kier alpha value is -1.36. The van der Waals surface area contributed by atoms with Crippen LogP contribution in [0.2, 0.25) is 0 Å². The van der Waals surface area contributed by atoms with E-state index in [1.807, 2.05) is 4.90 Å². The van der Waals surface area contributed by atoms with Crippen molar-refractivity contribution < 1.29 is 9.59 Å². The van der Waals surface area contributed by atoms with Crippen molar-refractivity contribution in [3.8, 4) is 0 Å². The lowest BCUT2D eigenvalue weighted by atomic mass is 9.99. The Bertz CT molecular complexity index is 544. The van der Waals surface area contributed by atoms with E-state index >= 15 is 0 Å². The molecular formula is C18H26N2O2S. The summed E-state index contributed by atoms with van der Waals surface area (Å²) in [6, 6.07) is 2.08. The van der Waals surface area contributed by atoms with Crippen molar-refractivity contribution in [1.82, 2.24) is 10.2 Å². The fourth-order valence-electron chi connectivity index (χ4n) is 3.44. The van der Waals surface area contributed by atoms with Crippen molar-refractivity contribution in [2.45, 2.75) is 57.8 Å². The molecule has 5 heteroatoms. The molecule has 0 radical (unpaired) electrons. The van der Waals surface area contributed by atoms with Gasteiger partial charge in [-0.05, 0) is 56.6 Å². The van der Waals surface area contributed by atoms with Crippen LogP contribution in [-0.4, -0.2) is 36.3 Å². The van der Waals surface area contributed by atoms with Gasteiger partial charge in [-0.1, -0.05) is 6.42 Å². The average molecular weight is 334 g/mol. The van der Waals surface area contributed by atoms with Crippen molar-refractivity contribution in [2.24, 2.45) is 0 Å². The van der Waals surface area contributed by atoms with Crippen LogP contribution in [0.4, 0.5) is 0 Å². The number of thiophene rings is 1. The molecule has 1 N–H and O–H groups in total. The minimum atomic E-state index is 0.0478. The highest BCUT2D eigenvalue weighted by Crippen LogP contribution is 2.29. The van der Waals surface area contributed by atoms with Crippen LogP contribution >= 0.6 is 11.3 Å². The first-order valence-electron chi connectivity index (χ1n) is 8.91. The summed E-state index contributed by atoms with van der Waals surface area (Å²) in [6.45, 7) is 2.29. The topological polar surface area (TPSA) is 49.4 Å². The van der Waals surface area contributed by atoms with Gasteiger partial charge in [0.25, 0.3) is 5.91 Å². The van der Waals surface area contributed by atoms with Crippen LogP contribution in [0.15, 0.2) is 6.07 Å². The molecule has 0 unspecified atom stereocenters. The molecule has 1 aliphatic heterocycles. The Morgan fingerprint density at radius 3 is 2.83 bits per heavy atom. The van der Waals surface area contributed by atoms with Gasteiger partial charge in [0.1, 0.15) is 0 Å². The van der Waals surface area contributed by atoms with Crippen molar-refractivity contribution in [3.05, 3.63) is 21.4 Å². The SMILES string of the molecule is O=C(NCCCN1CCCCCC1=O)c1cc2c(s1)CCCC2. The third-order valence-electron chi connectivity index (χ3n) is 4.78. The first kappa shape index (κ1) is 16.5. The zero-order chi connectivity index (χ0) is 16.1. The molecule has 2 aliphatic rings. The molecule has 1 fully saturated rings. The van der Waals surface area contributed by atoms with Crippen molar-refractivity contribution in [2.75, 3.05) is 19.6 Å². The highest BCUT2D eigenvalue weighted by molar-refractivity contribution is 7.14. The highest BCUT2D eigenvalue weighted by atomic mass is 32.1. The number of hydrogen-bond donors (Lipinski definition) is 1. The third-order valence-corrected chi connectivity index (χ3v) is 6.02. The Balaban J connectivity index is 1.42. The highest BCUT2D eigenvalue weighted by Gasteiger charge is 2.18. The number of amides is 2. The molecule has 0 saturated carbocycles.